The molecule has 17 heavy (non-hydrogen) atoms. The zero-order chi connectivity index (χ0) is 12.3. The SMILES string of the molecule is CNC(C)Cc1noc(C(C)n2cccn2)n1. The number of rotatable bonds is 5. The summed E-state index contributed by atoms with van der Waals surface area (Å²) < 4.78 is 7.04. The molecule has 6 nitrogen and oxygen atoms in total. The summed E-state index contributed by atoms with van der Waals surface area (Å²) in [6.45, 7) is 4.05. The predicted molar refractivity (Wildman–Crippen MR) is 62.6 cm³/mol. The Hall–Kier alpha value is -1.69. The van der Waals surface area contributed by atoms with E-state index >= 15 is 0 Å². The smallest absolute Gasteiger partial charge is 0.251 e. The molecule has 6 heteroatoms. The van der Waals surface area contributed by atoms with Gasteiger partial charge in [-0.2, -0.15) is 10.1 Å². The van der Waals surface area contributed by atoms with Gasteiger partial charge in [0.25, 0.3) is 5.89 Å². The highest BCUT2D eigenvalue weighted by Crippen LogP contribution is 2.14. The zero-order valence-corrected chi connectivity index (χ0v) is 10.3. The van der Waals surface area contributed by atoms with Gasteiger partial charge in [-0.05, 0) is 27.0 Å². The molecule has 0 aromatic carbocycles. The van der Waals surface area contributed by atoms with E-state index in [0.29, 0.717) is 11.9 Å². The van der Waals surface area contributed by atoms with Crippen LogP contribution < -0.4 is 5.32 Å². The van der Waals surface area contributed by atoms with E-state index in [1.54, 1.807) is 10.9 Å². The van der Waals surface area contributed by atoms with Crippen LogP contribution in [0.1, 0.15) is 31.6 Å². The van der Waals surface area contributed by atoms with Crippen molar-refractivity contribution in [2.45, 2.75) is 32.4 Å². The minimum absolute atomic E-state index is 0.0314. The standard InChI is InChI=1S/C11H17N5O/c1-8(12-3)7-10-14-11(17-15-10)9(2)16-6-4-5-13-16/h4-6,8-9,12H,7H2,1-3H3. The van der Waals surface area contributed by atoms with E-state index < -0.39 is 0 Å². The third-order valence-corrected chi connectivity index (χ3v) is 2.74. The van der Waals surface area contributed by atoms with Crippen LogP contribution in [0, 0.1) is 0 Å². The zero-order valence-electron chi connectivity index (χ0n) is 10.3. The van der Waals surface area contributed by atoms with E-state index in [9.17, 15) is 0 Å². The first-order valence-electron chi connectivity index (χ1n) is 5.69. The van der Waals surface area contributed by atoms with Gasteiger partial charge in [0.15, 0.2) is 5.82 Å². The fraction of sp³-hybridized carbons (Fsp3) is 0.545. The highest BCUT2D eigenvalue weighted by atomic mass is 16.5. The van der Waals surface area contributed by atoms with Crippen molar-refractivity contribution < 1.29 is 4.52 Å². The molecule has 0 saturated heterocycles. The number of hydrogen-bond donors (Lipinski definition) is 1. The average Bonchev–Trinajstić information content (AvgIpc) is 2.98. The second kappa shape index (κ2) is 5.09. The minimum Gasteiger partial charge on any atom is -0.337 e. The Labute approximate surface area is 100 Å². The topological polar surface area (TPSA) is 68.8 Å². The molecule has 0 radical (unpaired) electrons. The van der Waals surface area contributed by atoms with Crippen LogP contribution in [0.2, 0.25) is 0 Å². The molecule has 0 aliphatic carbocycles. The van der Waals surface area contributed by atoms with Gasteiger partial charge in [-0.1, -0.05) is 5.16 Å². The Morgan fingerprint density at radius 2 is 2.29 bits per heavy atom. The number of nitrogens with one attached hydrogen (secondary N) is 1. The molecule has 2 atom stereocenters. The lowest BCUT2D eigenvalue weighted by Crippen LogP contribution is -2.24. The summed E-state index contributed by atoms with van der Waals surface area (Å²) in [5, 5.41) is 11.3. The summed E-state index contributed by atoms with van der Waals surface area (Å²) in [6, 6.07) is 2.17. The third kappa shape index (κ3) is 2.71. The molecule has 2 aromatic heterocycles. The van der Waals surface area contributed by atoms with Crippen LogP contribution >= 0.6 is 0 Å². The van der Waals surface area contributed by atoms with Gasteiger partial charge in [0.05, 0.1) is 0 Å². The van der Waals surface area contributed by atoms with Gasteiger partial charge < -0.3 is 9.84 Å². The fourth-order valence-corrected chi connectivity index (χ4v) is 1.52. The fourth-order valence-electron chi connectivity index (χ4n) is 1.52. The van der Waals surface area contributed by atoms with E-state index in [2.05, 4.69) is 27.5 Å². The second-order valence-corrected chi connectivity index (χ2v) is 4.10. The van der Waals surface area contributed by atoms with Crippen molar-refractivity contribution in [2.24, 2.45) is 0 Å². The summed E-state index contributed by atoms with van der Waals surface area (Å²) in [5.74, 6) is 1.31. The van der Waals surface area contributed by atoms with Crippen LogP contribution in [-0.4, -0.2) is 33.0 Å². The molecule has 0 fully saturated rings. The van der Waals surface area contributed by atoms with Crippen LogP contribution in [-0.2, 0) is 6.42 Å². The molecule has 0 aliphatic rings. The molecule has 0 aliphatic heterocycles. The van der Waals surface area contributed by atoms with Gasteiger partial charge in [-0.15, -0.1) is 0 Å². The molecule has 2 aromatic rings. The van der Waals surface area contributed by atoms with Crippen LogP contribution in [0.4, 0.5) is 0 Å². The van der Waals surface area contributed by atoms with E-state index in [1.807, 2.05) is 26.2 Å². The summed E-state index contributed by atoms with van der Waals surface area (Å²) in [4.78, 5) is 4.38. The van der Waals surface area contributed by atoms with Crippen LogP contribution in [0.5, 0.6) is 0 Å². The van der Waals surface area contributed by atoms with Crippen LogP contribution in [0.25, 0.3) is 0 Å². The number of aromatic nitrogens is 4. The lowest BCUT2D eigenvalue weighted by atomic mass is 10.2. The summed E-state index contributed by atoms with van der Waals surface area (Å²) in [7, 11) is 1.91. The van der Waals surface area contributed by atoms with Crippen molar-refractivity contribution in [2.75, 3.05) is 7.05 Å². The Morgan fingerprint density at radius 3 is 2.94 bits per heavy atom. The normalized spacial score (nSPS) is 14.8. The number of nitrogens with zero attached hydrogens (tertiary/aromatic N) is 4. The summed E-state index contributed by atoms with van der Waals surface area (Å²) in [6.07, 6.45) is 4.37. The van der Waals surface area contributed by atoms with Crippen molar-refractivity contribution in [1.82, 2.24) is 25.2 Å². The lowest BCUT2D eigenvalue weighted by molar-refractivity contribution is 0.332. The van der Waals surface area contributed by atoms with Crippen molar-refractivity contribution in [3.8, 4) is 0 Å². The van der Waals surface area contributed by atoms with E-state index in [-0.39, 0.29) is 6.04 Å². The van der Waals surface area contributed by atoms with Gasteiger partial charge >= 0.3 is 0 Å². The molecular formula is C11H17N5O. The second-order valence-electron chi connectivity index (χ2n) is 4.10. The molecule has 0 amide bonds. The Morgan fingerprint density at radius 1 is 1.47 bits per heavy atom. The molecule has 92 valence electrons. The molecule has 2 unspecified atom stereocenters. The number of likely N-dealkylation sites (N-methyl/N-ethyl adjacent to an activating group) is 1. The van der Waals surface area contributed by atoms with Gasteiger partial charge in [-0.25, -0.2) is 0 Å². The molecule has 2 rings (SSSR count). The van der Waals surface area contributed by atoms with Crippen LogP contribution in [0.15, 0.2) is 23.0 Å². The maximum absolute atomic E-state index is 5.25. The van der Waals surface area contributed by atoms with E-state index in [0.717, 1.165) is 12.2 Å². The molecule has 0 spiro atoms. The lowest BCUT2D eigenvalue weighted by Gasteiger charge is -2.06. The molecule has 2 heterocycles. The quantitative estimate of drug-likeness (QED) is 0.838. The Balaban J connectivity index is 2.08. The summed E-state index contributed by atoms with van der Waals surface area (Å²) >= 11 is 0. The third-order valence-electron chi connectivity index (χ3n) is 2.74. The maximum Gasteiger partial charge on any atom is 0.251 e. The van der Waals surface area contributed by atoms with Gasteiger partial charge in [0, 0.05) is 24.9 Å². The average molecular weight is 235 g/mol. The predicted octanol–water partition coefficient (Wildman–Crippen LogP) is 1.03. The van der Waals surface area contributed by atoms with Gasteiger partial charge in [0.1, 0.15) is 6.04 Å². The molecule has 0 bridgehead atoms. The van der Waals surface area contributed by atoms with Crippen LogP contribution in [0.3, 0.4) is 0 Å². The monoisotopic (exact) mass is 235 g/mol. The van der Waals surface area contributed by atoms with E-state index in [4.69, 9.17) is 4.52 Å². The van der Waals surface area contributed by atoms with Crippen molar-refractivity contribution >= 4 is 0 Å². The van der Waals surface area contributed by atoms with Crippen molar-refractivity contribution in [3.63, 3.8) is 0 Å². The first-order chi connectivity index (χ1) is 8.20. The first kappa shape index (κ1) is 11.8. The molecule has 1 N–H and O–H groups in total. The molecular weight excluding hydrogens is 218 g/mol. The first-order valence-corrected chi connectivity index (χ1v) is 5.69. The molecule has 0 saturated carbocycles. The Bertz CT molecular complexity index is 450. The largest absolute Gasteiger partial charge is 0.337 e. The van der Waals surface area contributed by atoms with Gasteiger partial charge in [0.2, 0.25) is 0 Å². The highest BCUT2D eigenvalue weighted by Gasteiger charge is 2.16. The van der Waals surface area contributed by atoms with E-state index in [1.165, 1.54) is 0 Å². The van der Waals surface area contributed by atoms with Crippen molar-refractivity contribution in [3.05, 3.63) is 30.2 Å². The van der Waals surface area contributed by atoms with Gasteiger partial charge in [-0.3, -0.25) is 4.68 Å². The highest BCUT2D eigenvalue weighted by molar-refractivity contribution is 4.95. The van der Waals surface area contributed by atoms with Crippen molar-refractivity contribution in [1.29, 1.82) is 0 Å². The number of hydrogen-bond acceptors (Lipinski definition) is 5. The summed E-state index contributed by atoms with van der Waals surface area (Å²) in [5.41, 5.74) is 0. The minimum atomic E-state index is -0.0314. The maximum atomic E-state index is 5.25. The Kier molecular flexibility index (Phi) is 3.53.